The molecule has 2 aromatic carbocycles. The van der Waals surface area contributed by atoms with Gasteiger partial charge in [-0.25, -0.2) is 8.42 Å². The second-order valence-corrected chi connectivity index (χ2v) is 8.61. The third kappa shape index (κ3) is 3.62. The zero-order chi connectivity index (χ0) is 18.9. The SMILES string of the molecule is CCN1CCN(c2ccccc2NS(=O)(=O)c2cccc3nsnc23)CC1. The number of benzene rings is 2. The van der Waals surface area contributed by atoms with Gasteiger partial charge in [-0.15, -0.1) is 0 Å². The van der Waals surface area contributed by atoms with Crippen molar-refractivity contribution < 1.29 is 8.42 Å². The predicted octanol–water partition coefficient (Wildman–Crippen LogP) is 2.63. The standard InChI is InChI=1S/C18H21N5O2S2/c1-2-22-10-12-23(13-11-22)16-8-4-3-6-14(16)21-27(24,25)17-9-5-7-15-18(17)20-26-19-15/h3-9,21H,2,10-13H2,1H3. The van der Waals surface area contributed by atoms with Gasteiger partial charge >= 0.3 is 0 Å². The third-order valence-electron chi connectivity index (χ3n) is 4.85. The first-order valence-corrected chi connectivity index (χ1v) is 11.1. The lowest BCUT2D eigenvalue weighted by Gasteiger charge is -2.36. The molecule has 2 heterocycles. The molecule has 1 aliphatic heterocycles. The van der Waals surface area contributed by atoms with E-state index in [4.69, 9.17) is 0 Å². The summed E-state index contributed by atoms with van der Waals surface area (Å²) in [5, 5.41) is 0. The van der Waals surface area contributed by atoms with Crippen LogP contribution in [0.4, 0.5) is 11.4 Å². The highest BCUT2D eigenvalue weighted by Crippen LogP contribution is 2.30. The number of likely N-dealkylation sites (N-methyl/N-ethyl adjacent to an activating group) is 1. The molecule has 0 saturated carbocycles. The minimum atomic E-state index is -3.77. The van der Waals surface area contributed by atoms with Crippen molar-refractivity contribution in [1.82, 2.24) is 13.6 Å². The van der Waals surface area contributed by atoms with Crippen molar-refractivity contribution in [3.63, 3.8) is 0 Å². The smallest absolute Gasteiger partial charge is 0.264 e. The number of fused-ring (bicyclic) bond motifs is 1. The molecule has 1 aromatic heterocycles. The summed E-state index contributed by atoms with van der Waals surface area (Å²) in [6.45, 7) is 6.89. The fraction of sp³-hybridized carbons (Fsp3) is 0.333. The highest BCUT2D eigenvalue weighted by molar-refractivity contribution is 7.93. The van der Waals surface area contributed by atoms with Gasteiger partial charge in [0, 0.05) is 26.2 Å². The first-order valence-electron chi connectivity index (χ1n) is 8.89. The molecule has 0 bridgehead atoms. The minimum Gasteiger partial charge on any atom is -0.367 e. The Morgan fingerprint density at radius 2 is 1.81 bits per heavy atom. The first-order chi connectivity index (χ1) is 13.1. The van der Waals surface area contributed by atoms with Crippen LogP contribution in [0.5, 0.6) is 0 Å². The highest BCUT2D eigenvalue weighted by Gasteiger charge is 2.23. The normalized spacial score (nSPS) is 16.0. The lowest BCUT2D eigenvalue weighted by atomic mass is 10.2. The second kappa shape index (κ2) is 7.41. The maximum absolute atomic E-state index is 13.0. The molecule has 0 unspecified atom stereocenters. The van der Waals surface area contributed by atoms with Crippen LogP contribution in [0.3, 0.4) is 0 Å². The molecule has 27 heavy (non-hydrogen) atoms. The number of para-hydroxylation sites is 2. The van der Waals surface area contributed by atoms with E-state index in [0.717, 1.165) is 50.1 Å². The van der Waals surface area contributed by atoms with Gasteiger partial charge in [0.1, 0.15) is 15.9 Å². The average Bonchev–Trinajstić information content (AvgIpc) is 3.17. The Morgan fingerprint density at radius 3 is 2.59 bits per heavy atom. The fourth-order valence-electron chi connectivity index (χ4n) is 3.34. The van der Waals surface area contributed by atoms with Crippen molar-refractivity contribution in [2.45, 2.75) is 11.8 Å². The number of sulfonamides is 1. The Morgan fingerprint density at radius 1 is 1.04 bits per heavy atom. The fourth-order valence-corrected chi connectivity index (χ4v) is 5.18. The summed E-state index contributed by atoms with van der Waals surface area (Å²) in [5.74, 6) is 0. The van der Waals surface area contributed by atoms with E-state index in [1.54, 1.807) is 24.3 Å². The van der Waals surface area contributed by atoms with Crippen molar-refractivity contribution in [1.29, 1.82) is 0 Å². The van der Waals surface area contributed by atoms with Crippen LogP contribution >= 0.6 is 11.7 Å². The van der Waals surface area contributed by atoms with Crippen molar-refractivity contribution in [2.24, 2.45) is 0 Å². The molecule has 9 heteroatoms. The molecule has 3 aromatic rings. The molecule has 0 aliphatic carbocycles. The molecule has 0 amide bonds. The molecular formula is C18H21N5O2S2. The van der Waals surface area contributed by atoms with Crippen molar-refractivity contribution in [3.8, 4) is 0 Å². The van der Waals surface area contributed by atoms with E-state index in [1.165, 1.54) is 0 Å². The summed E-state index contributed by atoms with van der Waals surface area (Å²) >= 11 is 1.01. The van der Waals surface area contributed by atoms with Gasteiger partial charge < -0.3 is 9.80 Å². The van der Waals surface area contributed by atoms with Crippen LogP contribution in [0.15, 0.2) is 47.4 Å². The summed E-state index contributed by atoms with van der Waals surface area (Å²) in [6, 6.07) is 12.6. The summed E-state index contributed by atoms with van der Waals surface area (Å²) in [7, 11) is -3.77. The van der Waals surface area contributed by atoms with E-state index < -0.39 is 10.0 Å². The average molecular weight is 404 g/mol. The molecule has 0 spiro atoms. The van der Waals surface area contributed by atoms with Crippen LogP contribution in [-0.4, -0.2) is 54.8 Å². The highest BCUT2D eigenvalue weighted by atomic mass is 32.2. The van der Waals surface area contributed by atoms with E-state index in [1.807, 2.05) is 18.2 Å². The molecule has 0 radical (unpaired) electrons. The van der Waals surface area contributed by atoms with Crippen LogP contribution in [-0.2, 0) is 10.0 Å². The van der Waals surface area contributed by atoms with E-state index in [0.29, 0.717) is 16.7 Å². The maximum Gasteiger partial charge on any atom is 0.264 e. The molecular weight excluding hydrogens is 382 g/mol. The zero-order valence-electron chi connectivity index (χ0n) is 15.0. The Labute approximate surface area is 163 Å². The maximum atomic E-state index is 13.0. The first kappa shape index (κ1) is 18.1. The van der Waals surface area contributed by atoms with Crippen LogP contribution in [0, 0.1) is 0 Å². The molecule has 1 fully saturated rings. The van der Waals surface area contributed by atoms with E-state index >= 15 is 0 Å². The zero-order valence-corrected chi connectivity index (χ0v) is 16.6. The number of piperazine rings is 1. The van der Waals surface area contributed by atoms with E-state index in [9.17, 15) is 8.42 Å². The summed E-state index contributed by atoms with van der Waals surface area (Å²) in [4.78, 5) is 4.77. The predicted molar refractivity (Wildman–Crippen MR) is 109 cm³/mol. The Hall–Kier alpha value is -2.23. The number of aromatic nitrogens is 2. The van der Waals surface area contributed by atoms with Gasteiger partial charge in [-0.2, -0.15) is 8.75 Å². The van der Waals surface area contributed by atoms with Gasteiger partial charge in [-0.05, 0) is 30.8 Å². The largest absolute Gasteiger partial charge is 0.367 e. The van der Waals surface area contributed by atoms with Gasteiger partial charge in [0.25, 0.3) is 10.0 Å². The molecule has 1 saturated heterocycles. The number of rotatable bonds is 5. The Kier molecular flexibility index (Phi) is 4.98. The molecule has 4 rings (SSSR count). The van der Waals surface area contributed by atoms with Gasteiger partial charge in [0.15, 0.2) is 0 Å². The second-order valence-electron chi connectivity index (χ2n) is 6.43. The van der Waals surface area contributed by atoms with E-state index in [2.05, 4.69) is 30.2 Å². The van der Waals surface area contributed by atoms with Crippen LogP contribution in [0.1, 0.15) is 6.92 Å². The Bertz CT molecular complexity index is 1040. The van der Waals surface area contributed by atoms with Gasteiger partial charge in [0.05, 0.1) is 23.1 Å². The van der Waals surface area contributed by atoms with Crippen LogP contribution in [0.25, 0.3) is 11.0 Å². The number of nitrogens with one attached hydrogen (secondary N) is 1. The molecule has 0 atom stereocenters. The van der Waals surface area contributed by atoms with Gasteiger partial charge in [0.2, 0.25) is 0 Å². The van der Waals surface area contributed by atoms with Crippen molar-refractivity contribution >= 4 is 44.2 Å². The summed E-state index contributed by atoms with van der Waals surface area (Å²) < 4.78 is 37.1. The molecule has 142 valence electrons. The van der Waals surface area contributed by atoms with Crippen LogP contribution < -0.4 is 9.62 Å². The van der Waals surface area contributed by atoms with Gasteiger partial charge in [-0.3, -0.25) is 4.72 Å². The number of hydrogen-bond donors (Lipinski definition) is 1. The topological polar surface area (TPSA) is 78.4 Å². The van der Waals surface area contributed by atoms with Crippen molar-refractivity contribution in [2.75, 3.05) is 42.3 Å². The lowest BCUT2D eigenvalue weighted by Crippen LogP contribution is -2.46. The number of nitrogens with zero attached hydrogens (tertiary/aromatic N) is 4. The van der Waals surface area contributed by atoms with Gasteiger partial charge in [-0.1, -0.05) is 25.1 Å². The Balaban J connectivity index is 1.64. The van der Waals surface area contributed by atoms with E-state index in [-0.39, 0.29) is 4.90 Å². The lowest BCUT2D eigenvalue weighted by molar-refractivity contribution is 0.271. The minimum absolute atomic E-state index is 0.152. The van der Waals surface area contributed by atoms with Crippen molar-refractivity contribution in [3.05, 3.63) is 42.5 Å². The number of anilines is 2. The third-order valence-corrected chi connectivity index (χ3v) is 6.79. The quantitative estimate of drug-likeness (QED) is 0.706. The summed E-state index contributed by atoms with van der Waals surface area (Å²) in [5.41, 5.74) is 2.49. The molecule has 1 aliphatic rings. The number of hydrogen-bond acceptors (Lipinski definition) is 7. The monoisotopic (exact) mass is 403 g/mol. The molecule has 1 N–H and O–H groups in total. The van der Waals surface area contributed by atoms with Crippen LogP contribution in [0.2, 0.25) is 0 Å². The molecule has 7 nitrogen and oxygen atoms in total. The summed E-state index contributed by atoms with van der Waals surface area (Å²) in [6.07, 6.45) is 0.